The van der Waals surface area contributed by atoms with Crippen molar-refractivity contribution in [3.05, 3.63) is 71.0 Å². The minimum atomic E-state index is -0.294. The molecule has 0 radical (unpaired) electrons. The molecule has 0 N–H and O–H groups in total. The molecule has 1 atom stereocenters. The second kappa shape index (κ2) is 7.14. The first-order valence-corrected chi connectivity index (χ1v) is 8.26. The number of benzene rings is 2. The Morgan fingerprint density at radius 1 is 1.25 bits per heavy atom. The van der Waals surface area contributed by atoms with Gasteiger partial charge in [0.15, 0.2) is 0 Å². The molecular weight excluding hydrogens is 305 g/mol. The monoisotopic (exact) mass is 327 g/mol. The molecule has 0 spiro atoms. The van der Waals surface area contributed by atoms with E-state index in [0.717, 1.165) is 18.4 Å². The van der Waals surface area contributed by atoms with Crippen molar-refractivity contribution < 1.29 is 13.9 Å². The Kier molecular flexibility index (Phi) is 4.95. The summed E-state index contributed by atoms with van der Waals surface area (Å²) in [4.78, 5) is 14.9. The summed E-state index contributed by atoms with van der Waals surface area (Å²) < 4.78 is 19.3. The molecule has 2 aromatic rings. The molecule has 3 nitrogen and oxygen atoms in total. The van der Waals surface area contributed by atoms with Crippen molar-refractivity contribution >= 4 is 5.91 Å². The van der Waals surface area contributed by atoms with Gasteiger partial charge < -0.3 is 9.64 Å². The second-order valence-electron chi connectivity index (χ2n) is 6.27. The minimum Gasteiger partial charge on any atom is -0.380 e. The molecule has 1 aliphatic rings. The third kappa shape index (κ3) is 3.49. The van der Waals surface area contributed by atoms with E-state index < -0.39 is 0 Å². The summed E-state index contributed by atoms with van der Waals surface area (Å²) in [6, 6.07) is 14.0. The van der Waals surface area contributed by atoms with Crippen LogP contribution in [-0.4, -0.2) is 24.0 Å². The maximum absolute atomic E-state index is 14.2. The van der Waals surface area contributed by atoms with E-state index >= 15 is 0 Å². The highest BCUT2D eigenvalue weighted by Gasteiger charge is 2.37. The van der Waals surface area contributed by atoms with Crippen molar-refractivity contribution in [2.75, 3.05) is 7.11 Å². The van der Waals surface area contributed by atoms with Crippen LogP contribution in [0, 0.1) is 5.82 Å². The molecule has 0 saturated heterocycles. The lowest BCUT2D eigenvalue weighted by atomic mass is 10.0. The molecule has 1 unspecified atom stereocenters. The zero-order valence-corrected chi connectivity index (χ0v) is 14.0. The number of hydrogen-bond acceptors (Lipinski definition) is 2. The van der Waals surface area contributed by atoms with Crippen molar-refractivity contribution in [2.24, 2.45) is 0 Å². The van der Waals surface area contributed by atoms with Crippen LogP contribution in [0.4, 0.5) is 4.39 Å². The summed E-state index contributed by atoms with van der Waals surface area (Å²) >= 11 is 0. The lowest BCUT2D eigenvalue weighted by Crippen LogP contribution is -2.36. The molecule has 24 heavy (non-hydrogen) atoms. The van der Waals surface area contributed by atoms with Crippen LogP contribution in [0.5, 0.6) is 0 Å². The van der Waals surface area contributed by atoms with E-state index in [9.17, 15) is 9.18 Å². The molecule has 126 valence electrons. The number of halogens is 1. The number of carbonyl (C=O) groups excluding carboxylic acids is 1. The predicted octanol–water partition coefficient (Wildman–Crippen LogP) is 4.34. The van der Waals surface area contributed by atoms with Gasteiger partial charge in [-0.05, 0) is 43.5 Å². The first-order chi connectivity index (χ1) is 11.6. The van der Waals surface area contributed by atoms with Gasteiger partial charge in [-0.3, -0.25) is 4.79 Å². The van der Waals surface area contributed by atoms with E-state index in [1.54, 1.807) is 19.2 Å². The molecular formula is C20H22FNO2. The Morgan fingerprint density at radius 2 is 2.00 bits per heavy atom. The van der Waals surface area contributed by atoms with Crippen LogP contribution in [0.3, 0.4) is 0 Å². The molecule has 0 aromatic heterocycles. The molecule has 4 heteroatoms. The summed E-state index contributed by atoms with van der Waals surface area (Å²) in [5.74, 6) is -0.317. The predicted molar refractivity (Wildman–Crippen MR) is 91.2 cm³/mol. The fraction of sp³-hybridized carbons (Fsp3) is 0.350. The molecule has 0 aliphatic heterocycles. The van der Waals surface area contributed by atoms with Crippen LogP contribution >= 0.6 is 0 Å². The number of amides is 1. The molecule has 2 aromatic carbocycles. The number of ether oxygens (including phenoxy) is 1. The van der Waals surface area contributed by atoms with Crippen LogP contribution in [0.15, 0.2) is 48.5 Å². The van der Waals surface area contributed by atoms with Gasteiger partial charge in [-0.15, -0.1) is 0 Å². The number of hydrogen-bond donors (Lipinski definition) is 0. The van der Waals surface area contributed by atoms with Crippen molar-refractivity contribution in [1.82, 2.24) is 4.90 Å². The van der Waals surface area contributed by atoms with Crippen molar-refractivity contribution in [3.8, 4) is 0 Å². The van der Waals surface area contributed by atoms with Gasteiger partial charge in [0.1, 0.15) is 5.82 Å². The van der Waals surface area contributed by atoms with Crippen LogP contribution in [0.2, 0.25) is 0 Å². The number of methoxy groups -OCH3 is 1. The van der Waals surface area contributed by atoms with E-state index in [4.69, 9.17) is 4.74 Å². The SMILES string of the molecule is COCc1cccc(C(=O)N(C2CC2)C(C)c2ccccc2F)c1. The number of rotatable bonds is 6. The van der Waals surface area contributed by atoms with Gasteiger partial charge in [0.05, 0.1) is 12.6 Å². The Hall–Kier alpha value is -2.20. The zero-order chi connectivity index (χ0) is 17.1. The van der Waals surface area contributed by atoms with Crippen molar-refractivity contribution in [1.29, 1.82) is 0 Å². The third-order valence-electron chi connectivity index (χ3n) is 4.43. The van der Waals surface area contributed by atoms with Gasteiger partial charge in [0.2, 0.25) is 0 Å². The molecule has 0 bridgehead atoms. The van der Waals surface area contributed by atoms with Gasteiger partial charge in [-0.2, -0.15) is 0 Å². The summed E-state index contributed by atoms with van der Waals surface area (Å²) in [6.45, 7) is 2.36. The Morgan fingerprint density at radius 3 is 2.67 bits per heavy atom. The Labute approximate surface area is 142 Å². The average molecular weight is 327 g/mol. The summed E-state index contributed by atoms with van der Waals surface area (Å²) in [5.41, 5.74) is 2.14. The smallest absolute Gasteiger partial charge is 0.254 e. The van der Waals surface area contributed by atoms with E-state index in [2.05, 4.69) is 0 Å². The van der Waals surface area contributed by atoms with Gasteiger partial charge in [0.25, 0.3) is 5.91 Å². The van der Waals surface area contributed by atoms with Crippen LogP contribution < -0.4 is 0 Å². The summed E-state index contributed by atoms with van der Waals surface area (Å²) in [6.07, 6.45) is 1.95. The highest BCUT2D eigenvalue weighted by Crippen LogP contribution is 2.36. The van der Waals surface area contributed by atoms with Gasteiger partial charge >= 0.3 is 0 Å². The lowest BCUT2D eigenvalue weighted by Gasteiger charge is -2.30. The Bertz CT molecular complexity index is 727. The summed E-state index contributed by atoms with van der Waals surface area (Å²) in [7, 11) is 1.63. The quantitative estimate of drug-likeness (QED) is 0.790. The Balaban J connectivity index is 1.89. The van der Waals surface area contributed by atoms with Crippen LogP contribution in [0.25, 0.3) is 0 Å². The maximum atomic E-state index is 14.2. The largest absolute Gasteiger partial charge is 0.380 e. The van der Waals surface area contributed by atoms with E-state index in [0.29, 0.717) is 17.7 Å². The van der Waals surface area contributed by atoms with Gasteiger partial charge in [-0.1, -0.05) is 30.3 Å². The van der Waals surface area contributed by atoms with Crippen LogP contribution in [0.1, 0.15) is 47.3 Å². The number of carbonyl (C=O) groups is 1. The standard InChI is InChI=1S/C20H22FNO2/c1-14(18-8-3-4-9-19(18)21)22(17-10-11-17)20(23)16-7-5-6-15(12-16)13-24-2/h3-9,12,14,17H,10-11,13H2,1-2H3. The minimum absolute atomic E-state index is 0.0498. The van der Waals surface area contributed by atoms with Crippen LogP contribution in [-0.2, 0) is 11.3 Å². The molecule has 1 fully saturated rings. The maximum Gasteiger partial charge on any atom is 0.254 e. The highest BCUT2D eigenvalue weighted by atomic mass is 19.1. The summed E-state index contributed by atoms with van der Waals surface area (Å²) in [5, 5.41) is 0. The van der Waals surface area contributed by atoms with Crippen molar-refractivity contribution in [3.63, 3.8) is 0 Å². The first kappa shape index (κ1) is 16.7. The third-order valence-corrected chi connectivity index (χ3v) is 4.43. The normalized spacial score (nSPS) is 15.1. The second-order valence-corrected chi connectivity index (χ2v) is 6.27. The molecule has 1 saturated carbocycles. The molecule has 1 aliphatic carbocycles. The number of nitrogens with zero attached hydrogens (tertiary/aromatic N) is 1. The highest BCUT2D eigenvalue weighted by molar-refractivity contribution is 5.95. The fourth-order valence-corrected chi connectivity index (χ4v) is 3.08. The lowest BCUT2D eigenvalue weighted by molar-refractivity contribution is 0.0671. The van der Waals surface area contributed by atoms with E-state index in [1.165, 1.54) is 6.07 Å². The average Bonchev–Trinajstić information content (AvgIpc) is 3.41. The fourth-order valence-electron chi connectivity index (χ4n) is 3.08. The first-order valence-electron chi connectivity index (χ1n) is 8.26. The molecule has 3 rings (SSSR count). The topological polar surface area (TPSA) is 29.5 Å². The molecule has 1 amide bonds. The van der Waals surface area contributed by atoms with Gasteiger partial charge in [0, 0.05) is 24.3 Å². The molecule has 0 heterocycles. The van der Waals surface area contributed by atoms with Gasteiger partial charge in [-0.25, -0.2) is 4.39 Å². The zero-order valence-electron chi connectivity index (χ0n) is 14.0. The van der Waals surface area contributed by atoms with Crippen molar-refractivity contribution in [2.45, 2.75) is 38.5 Å². The van der Waals surface area contributed by atoms with E-state index in [-0.39, 0.29) is 23.8 Å². The van der Waals surface area contributed by atoms with E-state index in [1.807, 2.05) is 42.2 Å².